The number of carbonyl (C=O) groups excluding carboxylic acids is 2. The van der Waals surface area contributed by atoms with Gasteiger partial charge in [0.2, 0.25) is 5.91 Å². The molecule has 2 rings (SSSR count). The molecule has 0 aromatic heterocycles. The second-order valence-corrected chi connectivity index (χ2v) is 6.96. The monoisotopic (exact) mass is 394 g/mol. The number of alkyl halides is 3. The number of carbonyl (C=O) groups is 2. The molecule has 0 spiro atoms. The van der Waals surface area contributed by atoms with Gasteiger partial charge in [-0.1, -0.05) is 24.3 Å². The van der Waals surface area contributed by atoms with E-state index in [0.717, 1.165) is 12.1 Å². The van der Waals surface area contributed by atoms with Gasteiger partial charge in [0.1, 0.15) is 0 Å². The second-order valence-electron chi connectivity index (χ2n) is 6.96. The highest BCUT2D eigenvalue weighted by molar-refractivity contribution is 6.05. The Kier molecular flexibility index (Phi) is 6.45. The molecule has 0 heterocycles. The van der Waals surface area contributed by atoms with E-state index >= 15 is 0 Å². The van der Waals surface area contributed by atoms with E-state index in [0.29, 0.717) is 11.3 Å². The van der Waals surface area contributed by atoms with Crippen LogP contribution in [-0.2, 0) is 17.4 Å². The number of aliphatic hydroxyl groups excluding tert-OH is 1. The van der Waals surface area contributed by atoms with Crippen LogP contribution < -0.4 is 10.6 Å². The zero-order valence-corrected chi connectivity index (χ0v) is 15.4. The van der Waals surface area contributed by atoms with Crippen LogP contribution in [0.15, 0.2) is 48.5 Å². The van der Waals surface area contributed by atoms with Crippen molar-refractivity contribution in [1.29, 1.82) is 0 Å². The van der Waals surface area contributed by atoms with E-state index in [1.54, 1.807) is 26.0 Å². The van der Waals surface area contributed by atoms with Gasteiger partial charge in [0.15, 0.2) is 0 Å². The molecule has 0 aliphatic rings. The first-order valence-electron chi connectivity index (χ1n) is 8.50. The van der Waals surface area contributed by atoms with Gasteiger partial charge in [0, 0.05) is 5.69 Å². The average molecular weight is 394 g/mol. The molecule has 0 saturated heterocycles. The van der Waals surface area contributed by atoms with Gasteiger partial charge in [-0.05, 0) is 43.7 Å². The lowest BCUT2D eigenvalue weighted by molar-refractivity contribution is -0.137. The molecule has 0 saturated carbocycles. The fourth-order valence-corrected chi connectivity index (χ4v) is 2.48. The lowest BCUT2D eigenvalue weighted by Gasteiger charge is -2.23. The maximum absolute atomic E-state index is 13.0. The Labute approximate surface area is 160 Å². The quantitative estimate of drug-likeness (QED) is 0.703. The van der Waals surface area contributed by atoms with Crippen LogP contribution in [0.2, 0.25) is 0 Å². The van der Waals surface area contributed by atoms with Crippen molar-refractivity contribution in [3.8, 4) is 0 Å². The smallest absolute Gasteiger partial charge is 0.394 e. The molecule has 0 radical (unpaired) electrons. The Balaban J connectivity index is 2.05. The summed E-state index contributed by atoms with van der Waals surface area (Å²) in [4.78, 5) is 24.2. The number of rotatable bonds is 6. The molecule has 0 bridgehead atoms. The first-order chi connectivity index (χ1) is 13.0. The molecular formula is C20H21F3N2O3. The van der Waals surface area contributed by atoms with Crippen molar-refractivity contribution < 1.29 is 27.9 Å². The molecule has 2 amide bonds. The highest BCUT2D eigenvalue weighted by atomic mass is 19.4. The summed E-state index contributed by atoms with van der Waals surface area (Å²) in [6.45, 7) is 3.16. The largest absolute Gasteiger partial charge is 0.417 e. The van der Waals surface area contributed by atoms with Crippen molar-refractivity contribution in [3.05, 3.63) is 65.2 Å². The molecular weight excluding hydrogens is 373 g/mol. The van der Waals surface area contributed by atoms with Crippen molar-refractivity contribution in [2.45, 2.75) is 32.0 Å². The molecule has 0 atom stereocenters. The van der Waals surface area contributed by atoms with Crippen LogP contribution in [0.3, 0.4) is 0 Å². The van der Waals surface area contributed by atoms with Crippen molar-refractivity contribution in [1.82, 2.24) is 5.32 Å². The van der Waals surface area contributed by atoms with Crippen LogP contribution in [0.5, 0.6) is 0 Å². The molecule has 0 unspecified atom stereocenters. The molecule has 150 valence electrons. The first-order valence-corrected chi connectivity index (χ1v) is 8.50. The third-order valence-corrected chi connectivity index (χ3v) is 3.93. The van der Waals surface area contributed by atoms with Crippen molar-refractivity contribution >= 4 is 17.5 Å². The molecule has 8 heteroatoms. The number of aliphatic hydroxyl groups is 1. The number of hydrogen-bond donors (Lipinski definition) is 3. The zero-order chi connectivity index (χ0) is 20.9. The SMILES string of the molecule is CC(C)(CO)NC(=O)Cc1ccc(NC(=O)c2ccccc2C(F)(F)F)cc1. The highest BCUT2D eigenvalue weighted by Gasteiger charge is 2.34. The maximum Gasteiger partial charge on any atom is 0.417 e. The van der Waals surface area contributed by atoms with Gasteiger partial charge in [0.25, 0.3) is 5.91 Å². The Hall–Kier alpha value is -2.87. The summed E-state index contributed by atoms with van der Waals surface area (Å²) >= 11 is 0. The Morgan fingerprint density at radius 1 is 1.00 bits per heavy atom. The minimum atomic E-state index is -4.63. The third-order valence-electron chi connectivity index (χ3n) is 3.93. The summed E-state index contributed by atoms with van der Waals surface area (Å²) in [6.07, 6.45) is -4.57. The van der Waals surface area contributed by atoms with E-state index in [1.807, 2.05) is 0 Å². The summed E-state index contributed by atoms with van der Waals surface area (Å²) < 4.78 is 39.1. The molecule has 5 nitrogen and oxygen atoms in total. The van der Waals surface area contributed by atoms with Crippen LogP contribution in [0.1, 0.15) is 35.3 Å². The Morgan fingerprint density at radius 3 is 2.18 bits per heavy atom. The summed E-state index contributed by atoms with van der Waals surface area (Å²) in [5.74, 6) is -1.15. The first kappa shape index (κ1) is 21.4. The van der Waals surface area contributed by atoms with Crippen molar-refractivity contribution in [3.63, 3.8) is 0 Å². The Morgan fingerprint density at radius 2 is 1.61 bits per heavy atom. The second kappa shape index (κ2) is 8.43. The maximum atomic E-state index is 13.0. The predicted octanol–water partition coefficient (Wildman–Crippen LogP) is 3.39. The fourth-order valence-electron chi connectivity index (χ4n) is 2.48. The summed E-state index contributed by atoms with van der Waals surface area (Å²) in [7, 11) is 0. The number of hydrogen-bond acceptors (Lipinski definition) is 3. The molecule has 3 N–H and O–H groups in total. The minimum Gasteiger partial charge on any atom is -0.394 e. The number of anilines is 1. The topological polar surface area (TPSA) is 78.4 Å². The fraction of sp³-hybridized carbons (Fsp3) is 0.300. The van der Waals surface area contributed by atoms with Gasteiger partial charge in [-0.15, -0.1) is 0 Å². The van der Waals surface area contributed by atoms with Gasteiger partial charge >= 0.3 is 6.18 Å². The Bertz CT molecular complexity index is 847. The van der Waals surface area contributed by atoms with Crippen LogP contribution >= 0.6 is 0 Å². The van der Waals surface area contributed by atoms with Gasteiger partial charge in [-0.3, -0.25) is 9.59 Å². The number of amides is 2. The van der Waals surface area contributed by atoms with E-state index in [4.69, 9.17) is 5.11 Å². The predicted molar refractivity (Wildman–Crippen MR) is 98.9 cm³/mol. The molecule has 2 aromatic carbocycles. The van der Waals surface area contributed by atoms with Crippen molar-refractivity contribution in [2.75, 3.05) is 11.9 Å². The highest BCUT2D eigenvalue weighted by Crippen LogP contribution is 2.32. The number of halogens is 3. The minimum absolute atomic E-state index is 0.0641. The lowest BCUT2D eigenvalue weighted by atomic mass is 10.1. The van der Waals surface area contributed by atoms with E-state index in [1.165, 1.54) is 24.3 Å². The molecule has 0 aliphatic carbocycles. The number of nitrogens with one attached hydrogen (secondary N) is 2. The van der Waals surface area contributed by atoms with Crippen LogP contribution in [-0.4, -0.2) is 29.1 Å². The molecule has 28 heavy (non-hydrogen) atoms. The standard InChI is InChI=1S/C20H21F3N2O3/c1-19(2,12-26)25-17(27)11-13-7-9-14(10-8-13)24-18(28)15-5-3-4-6-16(15)20(21,22)23/h3-10,26H,11-12H2,1-2H3,(H,24,28)(H,25,27). The molecule has 0 fully saturated rings. The van der Waals surface area contributed by atoms with E-state index in [9.17, 15) is 22.8 Å². The van der Waals surface area contributed by atoms with E-state index in [2.05, 4.69) is 10.6 Å². The van der Waals surface area contributed by atoms with Gasteiger partial charge in [-0.25, -0.2) is 0 Å². The van der Waals surface area contributed by atoms with Crippen molar-refractivity contribution in [2.24, 2.45) is 0 Å². The van der Waals surface area contributed by atoms with Crippen LogP contribution in [0.4, 0.5) is 18.9 Å². The van der Waals surface area contributed by atoms with Crippen LogP contribution in [0.25, 0.3) is 0 Å². The molecule has 0 aliphatic heterocycles. The zero-order valence-electron chi connectivity index (χ0n) is 15.4. The van der Waals surface area contributed by atoms with Gasteiger partial charge in [0.05, 0.1) is 29.7 Å². The van der Waals surface area contributed by atoms with Crippen LogP contribution in [0, 0.1) is 0 Å². The normalized spacial score (nSPS) is 11.8. The average Bonchev–Trinajstić information content (AvgIpc) is 2.62. The summed E-state index contributed by atoms with van der Waals surface area (Å²) in [5.41, 5.74) is -1.25. The summed E-state index contributed by atoms with van der Waals surface area (Å²) in [6, 6.07) is 10.7. The summed E-state index contributed by atoms with van der Waals surface area (Å²) in [5, 5.41) is 14.3. The van der Waals surface area contributed by atoms with E-state index < -0.39 is 28.7 Å². The molecule has 2 aromatic rings. The van der Waals surface area contributed by atoms with E-state index in [-0.39, 0.29) is 18.9 Å². The number of benzene rings is 2. The van der Waals surface area contributed by atoms with Gasteiger partial charge in [-0.2, -0.15) is 13.2 Å². The third kappa shape index (κ3) is 5.82. The van der Waals surface area contributed by atoms with Gasteiger partial charge < -0.3 is 15.7 Å². The lowest BCUT2D eigenvalue weighted by Crippen LogP contribution is -2.46.